The number of carbonyl (C=O) groups is 1. The van der Waals surface area contributed by atoms with Crippen molar-refractivity contribution >= 4 is 6.09 Å². The number of rotatable bonds is 2. The van der Waals surface area contributed by atoms with Crippen LogP contribution in [-0.2, 0) is 4.74 Å². The molecule has 1 aliphatic rings. The fourth-order valence-electron chi connectivity index (χ4n) is 1.62. The molecule has 92 valence electrons. The molecule has 0 unspecified atom stereocenters. The van der Waals surface area contributed by atoms with Crippen LogP contribution < -0.4 is 0 Å². The zero-order chi connectivity index (χ0) is 12.2. The largest absolute Gasteiger partial charge is 0.444 e. The minimum atomic E-state index is -0.449. The summed E-state index contributed by atoms with van der Waals surface area (Å²) in [4.78, 5) is 13.5. The second-order valence-electron chi connectivity index (χ2n) is 5.03. The lowest BCUT2D eigenvalue weighted by Gasteiger charge is -2.30. The standard InChI is InChI=1S/C12H21NO3/c1-12(2,3)16-11(15)13-7-4-5-10(9-13)6-8-14/h5,14H,4,6-9H2,1-3H3. The van der Waals surface area contributed by atoms with E-state index in [-0.39, 0.29) is 12.7 Å². The van der Waals surface area contributed by atoms with Gasteiger partial charge in [0.05, 0.1) is 0 Å². The van der Waals surface area contributed by atoms with E-state index in [0.717, 1.165) is 12.0 Å². The first kappa shape index (κ1) is 13.0. The van der Waals surface area contributed by atoms with Crippen LogP contribution >= 0.6 is 0 Å². The lowest BCUT2D eigenvalue weighted by atomic mass is 10.1. The first-order valence-corrected chi connectivity index (χ1v) is 5.69. The molecule has 0 saturated heterocycles. The third-order valence-electron chi connectivity index (χ3n) is 2.31. The van der Waals surface area contributed by atoms with Gasteiger partial charge in [-0.1, -0.05) is 11.6 Å². The van der Waals surface area contributed by atoms with Gasteiger partial charge in [0.15, 0.2) is 0 Å². The number of nitrogens with zero attached hydrogens (tertiary/aromatic N) is 1. The van der Waals surface area contributed by atoms with Gasteiger partial charge >= 0.3 is 6.09 Å². The van der Waals surface area contributed by atoms with Gasteiger partial charge in [-0.05, 0) is 33.6 Å². The van der Waals surface area contributed by atoms with Gasteiger partial charge in [0.2, 0.25) is 0 Å². The molecule has 1 amide bonds. The van der Waals surface area contributed by atoms with Crippen LogP contribution in [0.15, 0.2) is 11.6 Å². The van der Waals surface area contributed by atoms with Crippen molar-refractivity contribution in [1.82, 2.24) is 4.90 Å². The van der Waals surface area contributed by atoms with E-state index in [0.29, 0.717) is 19.5 Å². The molecule has 0 saturated carbocycles. The second-order valence-corrected chi connectivity index (χ2v) is 5.03. The highest BCUT2D eigenvalue weighted by Gasteiger charge is 2.23. The second kappa shape index (κ2) is 5.34. The molecule has 0 aromatic heterocycles. The van der Waals surface area contributed by atoms with E-state index in [1.165, 1.54) is 0 Å². The molecule has 4 heteroatoms. The van der Waals surface area contributed by atoms with Crippen LogP contribution in [0.5, 0.6) is 0 Å². The van der Waals surface area contributed by atoms with E-state index in [4.69, 9.17) is 9.84 Å². The zero-order valence-electron chi connectivity index (χ0n) is 10.3. The van der Waals surface area contributed by atoms with Gasteiger partial charge in [0.1, 0.15) is 5.60 Å². The maximum absolute atomic E-state index is 11.8. The molecule has 0 aromatic rings. The summed E-state index contributed by atoms with van der Waals surface area (Å²) in [5, 5.41) is 8.85. The van der Waals surface area contributed by atoms with Crippen LogP contribution in [0, 0.1) is 0 Å². The molecule has 1 N–H and O–H groups in total. The molecular formula is C12H21NO3. The number of aliphatic hydroxyl groups excluding tert-OH is 1. The Balaban J connectivity index is 2.50. The van der Waals surface area contributed by atoms with Crippen LogP contribution in [0.4, 0.5) is 4.79 Å². The Morgan fingerprint density at radius 3 is 2.81 bits per heavy atom. The number of carbonyl (C=O) groups excluding carboxylic acids is 1. The maximum Gasteiger partial charge on any atom is 0.410 e. The summed E-state index contributed by atoms with van der Waals surface area (Å²) in [5.41, 5.74) is 0.662. The lowest BCUT2D eigenvalue weighted by molar-refractivity contribution is 0.0259. The fourth-order valence-corrected chi connectivity index (χ4v) is 1.62. The summed E-state index contributed by atoms with van der Waals surface area (Å²) < 4.78 is 5.30. The van der Waals surface area contributed by atoms with Gasteiger partial charge in [-0.2, -0.15) is 0 Å². The van der Waals surface area contributed by atoms with Gasteiger partial charge in [0.25, 0.3) is 0 Å². The van der Waals surface area contributed by atoms with Gasteiger partial charge in [-0.15, -0.1) is 0 Å². The third kappa shape index (κ3) is 4.23. The highest BCUT2D eigenvalue weighted by Crippen LogP contribution is 2.16. The van der Waals surface area contributed by atoms with E-state index in [1.54, 1.807) is 4.90 Å². The van der Waals surface area contributed by atoms with E-state index < -0.39 is 5.60 Å². The number of hydrogen-bond acceptors (Lipinski definition) is 3. The first-order valence-electron chi connectivity index (χ1n) is 5.69. The van der Waals surface area contributed by atoms with Crippen molar-refractivity contribution in [2.24, 2.45) is 0 Å². The Morgan fingerprint density at radius 2 is 2.25 bits per heavy atom. The average Bonchev–Trinajstić information content (AvgIpc) is 2.16. The van der Waals surface area contributed by atoms with Crippen molar-refractivity contribution in [3.05, 3.63) is 11.6 Å². The maximum atomic E-state index is 11.8. The summed E-state index contributed by atoms with van der Waals surface area (Å²) in [5.74, 6) is 0. The Morgan fingerprint density at radius 1 is 1.56 bits per heavy atom. The topological polar surface area (TPSA) is 49.8 Å². The van der Waals surface area contributed by atoms with Crippen molar-refractivity contribution in [2.45, 2.75) is 39.2 Å². The minimum Gasteiger partial charge on any atom is -0.444 e. The minimum absolute atomic E-state index is 0.133. The van der Waals surface area contributed by atoms with Crippen LogP contribution in [0.25, 0.3) is 0 Å². The monoisotopic (exact) mass is 227 g/mol. The summed E-state index contributed by atoms with van der Waals surface area (Å²) in [6.07, 6.45) is 3.31. The van der Waals surface area contributed by atoms with Crippen molar-refractivity contribution in [3.8, 4) is 0 Å². The Hall–Kier alpha value is -1.03. The van der Waals surface area contributed by atoms with Crippen molar-refractivity contribution < 1.29 is 14.6 Å². The average molecular weight is 227 g/mol. The van der Waals surface area contributed by atoms with Crippen LogP contribution in [0.2, 0.25) is 0 Å². The van der Waals surface area contributed by atoms with Gasteiger partial charge in [0, 0.05) is 19.7 Å². The van der Waals surface area contributed by atoms with Crippen LogP contribution in [0.3, 0.4) is 0 Å². The van der Waals surface area contributed by atoms with E-state index in [1.807, 2.05) is 20.8 Å². The van der Waals surface area contributed by atoms with Crippen molar-refractivity contribution in [1.29, 1.82) is 0 Å². The molecule has 1 rings (SSSR count). The van der Waals surface area contributed by atoms with Crippen LogP contribution in [-0.4, -0.2) is 41.4 Å². The Bertz CT molecular complexity index is 278. The number of aliphatic hydroxyl groups is 1. The number of hydrogen-bond donors (Lipinski definition) is 1. The fraction of sp³-hybridized carbons (Fsp3) is 0.750. The molecule has 0 aromatic carbocycles. The summed E-state index contributed by atoms with van der Waals surface area (Å²) in [7, 11) is 0. The Labute approximate surface area is 96.9 Å². The van der Waals surface area contributed by atoms with Crippen molar-refractivity contribution in [2.75, 3.05) is 19.7 Å². The highest BCUT2D eigenvalue weighted by atomic mass is 16.6. The van der Waals surface area contributed by atoms with E-state index in [2.05, 4.69) is 6.08 Å². The summed E-state index contributed by atoms with van der Waals surface area (Å²) in [6, 6.07) is 0. The lowest BCUT2D eigenvalue weighted by Crippen LogP contribution is -2.40. The number of amides is 1. The highest BCUT2D eigenvalue weighted by molar-refractivity contribution is 5.68. The smallest absolute Gasteiger partial charge is 0.410 e. The molecule has 0 bridgehead atoms. The molecule has 1 aliphatic heterocycles. The van der Waals surface area contributed by atoms with Gasteiger partial charge < -0.3 is 14.7 Å². The molecule has 0 aliphatic carbocycles. The molecule has 0 atom stereocenters. The van der Waals surface area contributed by atoms with Crippen LogP contribution in [0.1, 0.15) is 33.6 Å². The van der Waals surface area contributed by atoms with Gasteiger partial charge in [-0.25, -0.2) is 4.79 Å². The predicted octanol–water partition coefficient (Wildman–Crippen LogP) is 1.94. The van der Waals surface area contributed by atoms with E-state index >= 15 is 0 Å². The first-order chi connectivity index (χ1) is 7.42. The third-order valence-corrected chi connectivity index (χ3v) is 2.31. The molecule has 0 fully saturated rings. The summed E-state index contributed by atoms with van der Waals surface area (Å²) in [6.45, 7) is 6.99. The molecule has 1 heterocycles. The predicted molar refractivity (Wildman–Crippen MR) is 62.2 cm³/mol. The SMILES string of the molecule is CC(C)(C)OC(=O)N1CCC=C(CCO)C1. The normalized spacial score (nSPS) is 17.0. The zero-order valence-corrected chi connectivity index (χ0v) is 10.3. The molecule has 0 spiro atoms. The Kier molecular flexibility index (Phi) is 4.35. The van der Waals surface area contributed by atoms with Crippen molar-refractivity contribution in [3.63, 3.8) is 0 Å². The molecule has 0 radical (unpaired) electrons. The molecular weight excluding hydrogens is 206 g/mol. The summed E-state index contributed by atoms with van der Waals surface area (Å²) >= 11 is 0. The molecule has 16 heavy (non-hydrogen) atoms. The molecule has 4 nitrogen and oxygen atoms in total. The van der Waals surface area contributed by atoms with E-state index in [9.17, 15) is 4.79 Å². The number of ether oxygens (including phenoxy) is 1. The quantitative estimate of drug-likeness (QED) is 0.733. The van der Waals surface area contributed by atoms with Gasteiger partial charge in [-0.3, -0.25) is 0 Å².